The van der Waals surface area contributed by atoms with Gasteiger partial charge in [0.15, 0.2) is 9.90 Å². The first-order chi connectivity index (χ1) is 9.72. The maximum atomic E-state index is 12.2. The summed E-state index contributed by atoms with van der Waals surface area (Å²) in [6.07, 6.45) is 0. The molecule has 0 aliphatic carbocycles. The molecule has 2 N–H and O–H groups in total. The Balaban J connectivity index is 2.45. The van der Waals surface area contributed by atoms with Crippen LogP contribution >= 0.6 is 34.5 Å². The van der Waals surface area contributed by atoms with Gasteiger partial charge in [0.25, 0.3) is 10.0 Å². The zero-order valence-corrected chi connectivity index (χ0v) is 13.6. The van der Waals surface area contributed by atoms with E-state index in [1.807, 2.05) is 0 Å². The summed E-state index contributed by atoms with van der Waals surface area (Å²) in [6, 6.07) is 2.87. The highest BCUT2D eigenvalue weighted by Gasteiger charge is 2.26. The van der Waals surface area contributed by atoms with Gasteiger partial charge >= 0.3 is 5.97 Å². The molecular formula is C11H8Cl2N2O4S2. The number of halogens is 2. The molecule has 112 valence electrons. The Morgan fingerprint density at radius 2 is 2.00 bits per heavy atom. The lowest BCUT2D eigenvalue weighted by molar-refractivity contribution is 0.0687. The fraction of sp³-hybridized carbons (Fsp3) is 0.0909. The Bertz CT molecular complexity index is 818. The molecule has 10 heteroatoms. The van der Waals surface area contributed by atoms with Crippen LogP contribution in [0.4, 0.5) is 5.69 Å². The number of rotatable bonds is 4. The Morgan fingerprint density at radius 3 is 2.62 bits per heavy atom. The summed E-state index contributed by atoms with van der Waals surface area (Å²) in [5.41, 5.74) is 1.36. The summed E-state index contributed by atoms with van der Waals surface area (Å²) in [6.45, 7) is 1.72. The number of nitrogens with zero attached hydrogens (tertiary/aromatic N) is 1. The first kappa shape index (κ1) is 16.0. The molecule has 0 aliphatic heterocycles. The van der Waals surface area contributed by atoms with Crippen molar-refractivity contribution in [1.82, 2.24) is 4.98 Å². The van der Waals surface area contributed by atoms with E-state index in [1.165, 1.54) is 12.1 Å². The summed E-state index contributed by atoms with van der Waals surface area (Å²) in [4.78, 5) is 14.5. The van der Waals surface area contributed by atoms with Crippen LogP contribution in [0, 0.1) is 6.92 Å². The van der Waals surface area contributed by atoms with Crippen LogP contribution in [-0.4, -0.2) is 24.5 Å². The number of aromatic carboxylic acids is 1. The molecule has 0 bridgehead atoms. The molecular weight excluding hydrogens is 359 g/mol. The van der Waals surface area contributed by atoms with Crippen molar-refractivity contribution >= 4 is 56.2 Å². The van der Waals surface area contributed by atoms with E-state index in [1.54, 1.807) is 6.92 Å². The number of nitrogens with one attached hydrogen (secondary N) is 1. The quantitative estimate of drug-likeness (QED) is 0.865. The van der Waals surface area contributed by atoms with E-state index in [0.29, 0.717) is 21.9 Å². The second kappa shape index (κ2) is 5.80. The summed E-state index contributed by atoms with van der Waals surface area (Å²) in [5, 5.41) is 9.41. The molecule has 0 saturated heterocycles. The second-order valence-electron chi connectivity index (χ2n) is 3.98. The van der Waals surface area contributed by atoms with Gasteiger partial charge < -0.3 is 5.11 Å². The average Bonchev–Trinajstić information content (AvgIpc) is 2.85. The molecule has 2 rings (SSSR count). The van der Waals surface area contributed by atoms with Crippen LogP contribution in [-0.2, 0) is 10.0 Å². The van der Waals surface area contributed by atoms with E-state index in [-0.39, 0.29) is 10.7 Å². The van der Waals surface area contributed by atoms with Crippen LogP contribution < -0.4 is 4.72 Å². The summed E-state index contributed by atoms with van der Waals surface area (Å²) >= 11 is 12.6. The second-order valence-corrected chi connectivity index (χ2v) is 7.53. The van der Waals surface area contributed by atoms with Crippen LogP contribution in [0.1, 0.15) is 16.1 Å². The first-order valence-electron chi connectivity index (χ1n) is 5.37. The molecule has 0 radical (unpaired) electrons. The molecule has 0 amide bonds. The van der Waals surface area contributed by atoms with Crippen molar-refractivity contribution in [2.75, 3.05) is 4.72 Å². The van der Waals surface area contributed by atoms with Crippen molar-refractivity contribution in [3.8, 4) is 0 Å². The lowest BCUT2D eigenvalue weighted by Gasteiger charge is -2.10. The number of sulfonamides is 1. The predicted octanol–water partition coefficient (Wildman–Crippen LogP) is 3.26. The third-order valence-corrected chi connectivity index (χ3v) is 5.93. The minimum atomic E-state index is -4.12. The fourth-order valence-electron chi connectivity index (χ4n) is 1.48. The number of anilines is 1. The van der Waals surface area contributed by atoms with Crippen LogP contribution in [0.3, 0.4) is 0 Å². The predicted molar refractivity (Wildman–Crippen MR) is 81.1 cm³/mol. The third-order valence-electron chi connectivity index (χ3n) is 2.47. The van der Waals surface area contributed by atoms with Crippen LogP contribution in [0.5, 0.6) is 0 Å². The molecule has 0 saturated carbocycles. The van der Waals surface area contributed by atoms with Crippen LogP contribution in [0.25, 0.3) is 0 Å². The molecule has 0 unspecified atom stereocenters. The van der Waals surface area contributed by atoms with E-state index < -0.39 is 25.9 Å². The number of hydrogen-bond acceptors (Lipinski definition) is 5. The number of hydrogen-bond donors (Lipinski definition) is 2. The molecule has 0 fully saturated rings. The molecule has 0 spiro atoms. The zero-order valence-electron chi connectivity index (χ0n) is 10.4. The molecule has 6 nitrogen and oxygen atoms in total. The van der Waals surface area contributed by atoms with Gasteiger partial charge in [0, 0.05) is 5.02 Å². The summed E-state index contributed by atoms with van der Waals surface area (Å²) in [5.74, 6) is -1.43. The van der Waals surface area contributed by atoms with Crippen molar-refractivity contribution < 1.29 is 18.3 Å². The number of carbonyl (C=O) groups is 1. The van der Waals surface area contributed by atoms with E-state index in [2.05, 4.69) is 9.71 Å². The minimum absolute atomic E-state index is 0.0667. The van der Waals surface area contributed by atoms with Gasteiger partial charge in [0.1, 0.15) is 0 Å². The highest BCUT2D eigenvalue weighted by Crippen LogP contribution is 2.31. The van der Waals surface area contributed by atoms with Crippen LogP contribution in [0.15, 0.2) is 21.9 Å². The van der Waals surface area contributed by atoms with E-state index in [0.717, 1.165) is 5.51 Å². The molecule has 0 atom stereocenters. The smallest absolute Gasteiger partial charge is 0.356 e. The van der Waals surface area contributed by atoms with Gasteiger partial charge in [-0.3, -0.25) is 4.72 Å². The monoisotopic (exact) mass is 366 g/mol. The topological polar surface area (TPSA) is 96.4 Å². The summed E-state index contributed by atoms with van der Waals surface area (Å²) in [7, 11) is -4.12. The standard InChI is InChI=1S/C11H8Cl2N2O4S2/c1-5-2-7(13)8(3-6(5)12)15-21(18,19)11-9(10(16)17)14-4-20-11/h2-4,15H,1H3,(H,16,17). The number of aromatic nitrogens is 1. The third kappa shape index (κ3) is 3.29. The molecule has 0 aliphatic rings. The first-order valence-corrected chi connectivity index (χ1v) is 8.49. The number of thiazole rings is 1. The fourth-order valence-corrected chi connectivity index (χ4v) is 4.18. The Labute approximate surface area is 134 Å². The SMILES string of the molecule is Cc1cc(Cl)c(NS(=O)(=O)c2scnc2C(=O)O)cc1Cl. The van der Waals surface area contributed by atoms with Crippen molar-refractivity contribution in [2.24, 2.45) is 0 Å². The number of carboxylic acids is 1. The Kier molecular flexibility index (Phi) is 4.43. The van der Waals surface area contributed by atoms with Gasteiger partial charge in [0.2, 0.25) is 0 Å². The van der Waals surface area contributed by atoms with Crippen molar-refractivity contribution in [3.63, 3.8) is 0 Å². The lowest BCUT2D eigenvalue weighted by Crippen LogP contribution is -2.15. The number of aryl methyl sites for hydroxylation is 1. The Morgan fingerprint density at radius 1 is 1.33 bits per heavy atom. The molecule has 21 heavy (non-hydrogen) atoms. The van der Waals surface area contributed by atoms with Gasteiger partial charge in [-0.1, -0.05) is 23.2 Å². The van der Waals surface area contributed by atoms with Crippen LogP contribution in [0.2, 0.25) is 10.0 Å². The molecule has 2 aromatic rings. The van der Waals surface area contributed by atoms with Gasteiger partial charge in [-0.25, -0.2) is 18.2 Å². The van der Waals surface area contributed by atoms with E-state index in [4.69, 9.17) is 28.3 Å². The molecule has 1 heterocycles. The van der Waals surface area contributed by atoms with E-state index >= 15 is 0 Å². The van der Waals surface area contributed by atoms with Gasteiger partial charge in [-0.15, -0.1) is 11.3 Å². The van der Waals surface area contributed by atoms with Crippen molar-refractivity contribution in [3.05, 3.63) is 38.9 Å². The van der Waals surface area contributed by atoms with Crippen molar-refractivity contribution in [2.45, 2.75) is 11.1 Å². The summed E-state index contributed by atoms with van der Waals surface area (Å²) < 4.78 is 26.3. The number of benzene rings is 1. The largest absolute Gasteiger partial charge is 0.476 e. The van der Waals surface area contributed by atoms with Gasteiger partial charge in [-0.05, 0) is 24.6 Å². The number of carboxylic acid groups (broad SMARTS) is 1. The molecule has 1 aromatic heterocycles. The highest BCUT2D eigenvalue weighted by atomic mass is 35.5. The van der Waals surface area contributed by atoms with E-state index in [9.17, 15) is 13.2 Å². The average molecular weight is 367 g/mol. The zero-order chi connectivity index (χ0) is 15.8. The molecule has 1 aromatic carbocycles. The van der Waals surface area contributed by atoms with Crippen molar-refractivity contribution in [1.29, 1.82) is 0 Å². The maximum Gasteiger partial charge on any atom is 0.356 e. The highest BCUT2D eigenvalue weighted by molar-refractivity contribution is 7.94. The Hall–Kier alpha value is -1.35. The van der Waals surface area contributed by atoms with Gasteiger partial charge in [-0.2, -0.15) is 0 Å². The lowest BCUT2D eigenvalue weighted by atomic mass is 10.2. The minimum Gasteiger partial charge on any atom is -0.476 e. The maximum absolute atomic E-state index is 12.2. The van der Waals surface area contributed by atoms with Gasteiger partial charge in [0.05, 0.1) is 16.2 Å². The normalized spacial score (nSPS) is 11.4.